The van der Waals surface area contributed by atoms with Gasteiger partial charge in [-0.3, -0.25) is 14.4 Å². The summed E-state index contributed by atoms with van der Waals surface area (Å²) in [7, 11) is 3.10. The number of nitrogens with two attached hydrogens (primary N) is 1. The lowest BCUT2D eigenvalue weighted by Crippen LogP contribution is -2.49. The van der Waals surface area contributed by atoms with E-state index in [2.05, 4.69) is 20.8 Å². The molecule has 0 bridgehead atoms. The maximum absolute atomic E-state index is 14.2. The van der Waals surface area contributed by atoms with Crippen LogP contribution in [0, 0.1) is 0 Å². The largest absolute Gasteiger partial charge is 0.352 e. The molecule has 4 aromatic rings. The van der Waals surface area contributed by atoms with E-state index in [1.165, 1.54) is 18.0 Å². The van der Waals surface area contributed by atoms with Gasteiger partial charge in [-0.15, -0.1) is 0 Å². The molecule has 2 unspecified atom stereocenters. The SMILES string of the molecule is CNC(=O)c1noc(C(Cc2ccccc2)N(C)C(=O)C(Cc2ccc3ccccc3c2)NC(=O)/C=C/CC(C)(C)N)n1. The predicted molar refractivity (Wildman–Crippen MR) is 165 cm³/mol. The average molecular weight is 583 g/mol. The standard InChI is InChI=1S/C33H38N6O4/c1-33(2,34)18-10-15-28(40)36-26(20-23-16-17-24-13-8-9-14-25(24)19-23)32(42)39(4)27(21-22-11-6-5-7-12-22)31-37-29(38-43-31)30(41)35-3/h5-17,19,26-27H,18,20-21,34H2,1-4H3,(H,35,41)(H,36,40)/b15-10+. The molecule has 0 saturated heterocycles. The van der Waals surface area contributed by atoms with E-state index in [0.29, 0.717) is 12.8 Å². The molecule has 0 aliphatic heterocycles. The lowest BCUT2D eigenvalue weighted by molar-refractivity contribution is -0.137. The Hall–Kier alpha value is -4.83. The quantitative estimate of drug-likeness (QED) is 0.216. The van der Waals surface area contributed by atoms with Crippen LogP contribution < -0.4 is 16.4 Å². The summed E-state index contributed by atoms with van der Waals surface area (Å²) < 4.78 is 5.48. The van der Waals surface area contributed by atoms with E-state index < -0.39 is 29.4 Å². The van der Waals surface area contributed by atoms with Crippen LogP contribution in [0.2, 0.25) is 0 Å². The molecule has 43 heavy (non-hydrogen) atoms. The first-order valence-corrected chi connectivity index (χ1v) is 14.1. The fraction of sp³-hybridized carbons (Fsp3) is 0.303. The topological polar surface area (TPSA) is 143 Å². The Labute approximate surface area is 251 Å². The van der Waals surface area contributed by atoms with Crippen LogP contribution in [-0.2, 0) is 22.4 Å². The second-order valence-corrected chi connectivity index (χ2v) is 11.2. The summed E-state index contributed by atoms with van der Waals surface area (Å²) in [6.07, 6.45) is 4.20. The Morgan fingerprint density at radius 3 is 2.37 bits per heavy atom. The first-order valence-electron chi connectivity index (χ1n) is 14.1. The minimum atomic E-state index is -0.909. The summed E-state index contributed by atoms with van der Waals surface area (Å²) in [5.41, 5.74) is 7.39. The van der Waals surface area contributed by atoms with Crippen LogP contribution in [0.25, 0.3) is 10.8 Å². The summed E-state index contributed by atoms with van der Waals surface area (Å²) >= 11 is 0. The van der Waals surface area contributed by atoms with Gasteiger partial charge in [0.25, 0.3) is 11.7 Å². The number of hydrogen-bond acceptors (Lipinski definition) is 7. The molecule has 0 spiro atoms. The second-order valence-electron chi connectivity index (χ2n) is 11.2. The van der Waals surface area contributed by atoms with Gasteiger partial charge in [-0.1, -0.05) is 84.0 Å². The fourth-order valence-electron chi connectivity index (χ4n) is 4.69. The summed E-state index contributed by atoms with van der Waals surface area (Å²) in [5, 5.41) is 11.3. The fourth-order valence-corrected chi connectivity index (χ4v) is 4.69. The van der Waals surface area contributed by atoms with Crippen molar-refractivity contribution in [2.45, 2.75) is 50.7 Å². The number of carbonyl (C=O) groups excluding carboxylic acids is 3. The van der Waals surface area contributed by atoms with Crippen molar-refractivity contribution >= 4 is 28.5 Å². The van der Waals surface area contributed by atoms with Gasteiger partial charge in [0, 0.05) is 32.5 Å². The van der Waals surface area contributed by atoms with Crippen molar-refractivity contribution in [3.63, 3.8) is 0 Å². The highest BCUT2D eigenvalue weighted by Crippen LogP contribution is 2.25. The number of nitrogens with zero attached hydrogens (tertiary/aromatic N) is 3. The zero-order valence-electron chi connectivity index (χ0n) is 24.9. The van der Waals surface area contributed by atoms with Gasteiger partial charge in [-0.2, -0.15) is 4.98 Å². The Morgan fingerprint density at radius 1 is 0.977 bits per heavy atom. The van der Waals surface area contributed by atoms with Gasteiger partial charge >= 0.3 is 0 Å². The maximum Gasteiger partial charge on any atom is 0.292 e. The monoisotopic (exact) mass is 582 g/mol. The molecular weight excluding hydrogens is 544 g/mol. The first kappa shape index (κ1) is 31.1. The lowest BCUT2D eigenvalue weighted by Gasteiger charge is -2.30. The Morgan fingerprint density at radius 2 is 1.67 bits per heavy atom. The summed E-state index contributed by atoms with van der Waals surface area (Å²) in [5.74, 6) is -1.29. The molecule has 2 atom stereocenters. The van der Waals surface area contributed by atoms with Crippen LogP contribution >= 0.6 is 0 Å². The van der Waals surface area contributed by atoms with Gasteiger partial charge in [0.05, 0.1) is 0 Å². The molecule has 10 nitrogen and oxygen atoms in total. The van der Waals surface area contributed by atoms with Crippen molar-refractivity contribution in [2.75, 3.05) is 14.1 Å². The van der Waals surface area contributed by atoms with Gasteiger partial charge in [0.1, 0.15) is 12.1 Å². The third kappa shape index (κ3) is 8.59. The van der Waals surface area contributed by atoms with Crippen LogP contribution in [0.5, 0.6) is 0 Å². The van der Waals surface area contributed by atoms with E-state index in [4.69, 9.17) is 10.3 Å². The molecule has 3 amide bonds. The number of rotatable bonds is 12. The minimum absolute atomic E-state index is 0.110. The van der Waals surface area contributed by atoms with Crippen molar-refractivity contribution in [1.29, 1.82) is 0 Å². The second kappa shape index (κ2) is 13.9. The van der Waals surface area contributed by atoms with E-state index in [1.54, 1.807) is 13.1 Å². The molecule has 1 aromatic heterocycles. The number of aromatic nitrogens is 2. The van der Waals surface area contributed by atoms with E-state index in [1.807, 2.05) is 86.6 Å². The van der Waals surface area contributed by atoms with Gasteiger partial charge in [0.15, 0.2) is 0 Å². The smallest absolute Gasteiger partial charge is 0.292 e. The van der Waals surface area contributed by atoms with Crippen molar-refractivity contribution in [2.24, 2.45) is 5.73 Å². The molecule has 4 rings (SSSR count). The van der Waals surface area contributed by atoms with Gasteiger partial charge < -0.3 is 25.8 Å². The van der Waals surface area contributed by atoms with Crippen molar-refractivity contribution in [1.82, 2.24) is 25.7 Å². The molecular formula is C33H38N6O4. The molecule has 0 saturated carbocycles. The van der Waals surface area contributed by atoms with Crippen LogP contribution in [0.3, 0.4) is 0 Å². The molecule has 3 aromatic carbocycles. The van der Waals surface area contributed by atoms with Crippen molar-refractivity contribution in [3.05, 3.63) is 108 Å². The summed E-state index contributed by atoms with van der Waals surface area (Å²) in [6, 6.07) is 21.9. The van der Waals surface area contributed by atoms with Gasteiger partial charge in [-0.05, 0) is 48.2 Å². The summed E-state index contributed by atoms with van der Waals surface area (Å²) in [6.45, 7) is 3.74. The molecule has 4 N–H and O–H groups in total. The van der Waals surface area contributed by atoms with Crippen LogP contribution in [0.1, 0.15) is 53.9 Å². The Bertz CT molecular complexity index is 1590. The molecule has 10 heteroatoms. The summed E-state index contributed by atoms with van der Waals surface area (Å²) in [4.78, 5) is 45.1. The molecule has 224 valence electrons. The Balaban J connectivity index is 1.65. The van der Waals surface area contributed by atoms with Gasteiger partial charge in [0.2, 0.25) is 17.7 Å². The number of amides is 3. The number of likely N-dealkylation sites (N-methyl/N-ethyl adjacent to an activating group) is 1. The number of hydrogen-bond donors (Lipinski definition) is 3. The third-order valence-electron chi connectivity index (χ3n) is 7.03. The molecule has 0 aliphatic rings. The zero-order valence-corrected chi connectivity index (χ0v) is 24.9. The average Bonchev–Trinajstić information content (AvgIpc) is 3.48. The molecule has 0 fully saturated rings. The van der Waals surface area contributed by atoms with E-state index in [0.717, 1.165) is 21.9 Å². The highest BCUT2D eigenvalue weighted by atomic mass is 16.5. The maximum atomic E-state index is 14.2. The normalized spacial score (nSPS) is 13.0. The number of nitrogens with one attached hydrogen (secondary N) is 2. The molecule has 0 aliphatic carbocycles. The Kier molecular flexibility index (Phi) is 10.0. The third-order valence-corrected chi connectivity index (χ3v) is 7.03. The van der Waals surface area contributed by atoms with Crippen LogP contribution in [0.15, 0.2) is 89.5 Å². The van der Waals surface area contributed by atoms with Crippen molar-refractivity contribution < 1.29 is 18.9 Å². The highest BCUT2D eigenvalue weighted by molar-refractivity contribution is 5.93. The highest BCUT2D eigenvalue weighted by Gasteiger charge is 2.33. The number of benzene rings is 3. The van der Waals surface area contributed by atoms with Crippen LogP contribution in [-0.4, -0.2) is 58.4 Å². The number of fused-ring (bicyclic) bond motifs is 1. The van der Waals surface area contributed by atoms with E-state index >= 15 is 0 Å². The molecule has 1 heterocycles. The first-order chi connectivity index (χ1) is 20.5. The number of carbonyl (C=O) groups is 3. The van der Waals surface area contributed by atoms with Gasteiger partial charge in [-0.25, -0.2) is 0 Å². The minimum Gasteiger partial charge on any atom is -0.352 e. The lowest BCUT2D eigenvalue weighted by atomic mass is 9.99. The molecule has 0 radical (unpaired) electrons. The van der Waals surface area contributed by atoms with E-state index in [9.17, 15) is 14.4 Å². The van der Waals surface area contributed by atoms with Crippen molar-refractivity contribution in [3.8, 4) is 0 Å². The predicted octanol–water partition coefficient (Wildman–Crippen LogP) is 3.74. The zero-order chi connectivity index (χ0) is 31.0. The van der Waals surface area contributed by atoms with Crippen LogP contribution in [0.4, 0.5) is 0 Å². The van der Waals surface area contributed by atoms with E-state index in [-0.39, 0.29) is 24.0 Å².